The molecule has 0 saturated carbocycles. The molecule has 0 aromatic carbocycles. The molecular formula is C14H17N3O2S. The van der Waals surface area contributed by atoms with E-state index in [2.05, 4.69) is 10.1 Å². The lowest BCUT2D eigenvalue weighted by atomic mass is 9.91. The molecule has 0 radical (unpaired) electrons. The molecule has 1 aliphatic rings. The maximum atomic E-state index is 12.0. The molecule has 0 N–H and O–H groups in total. The summed E-state index contributed by atoms with van der Waals surface area (Å²) < 4.78 is 6.93. The predicted molar refractivity (Wildman–Crippen MR) is 76.6 cm³/mol. The summed E-state index contributed by atoms with van der Waals surface area (Å²) >= 11 is 1.67. The van der Waals surface area contributed by atoms with Gasteiger partial charge in [-0.15, -0.1) is 11.3 Å². The molecule has 106 valence electrons. The number of carbonyl (C=O) groups excluding carboxylic acids is 1. The van der Waals surface area contributed by atoms with Crippen LogP contribution in [-0.4, -0.2) is 27.3 Å². The average Bonchev–Trinajstić information content (AvgIpc) is 3.03. The third-order valence-corrected chi connectivity index (χ3v) is 4.66. The summed E-state index contributed by atoms with van der Waals surface area (Å²) in [5, 5.41) is 5.12. The van der Waals surface area contributed by atoms with Crippen molar-refractivity contribution in [3.05, 3.63) is 23.0 Å². The highest BCUT2D eigenvalue weighted by Gasteiger charge is 2.31. The Kier molecular flexibility index (Phi) is 3.56. The molecule has 0 aliphatic heterocycles. The van der Waals surface area contributed by atoms with Gasteiger partial charge in [-0.1, -0.05) is 0 Å². The van der Waals surface area contributed by atoms with E-state index in [0.717, 1.165) is 35.5 Å². The molecule has 0 saturated heterocycles. The van der Waals surface area contributed by atoms with Gasteiger partial charge in [0.15, 0.2) is 0 Å². The van der Waals surface area contributed by atoms with Crippen LogP contribution in [0, 0.1) is 0 Å². The topological polar surface area (TPSA) is 57.0 Å². The lowest BCUT2D eigenvalue weighted by Crippen LogP contribution is -2.20. The Hall–Kier alpha value is -1.69. The quantitative estimate of drug-likeness (QED) is 0.815. The second kappa shape index (κ2) is 5.36. The highest BCUT2D eigenvalue weighted by atomic mass is 32.1. The molecule has 0 unspecified atom stereocenters. The molecule has 0 spiro atoms. The van der Waals surface area contributed by atoms with Crippen LogP contribution in [0.25, 0.3) is 10.6 Å². The average molecular weight is 291 g/mol. The van der Waals surface area contributed by atoms with Gasteiger partial charge in [-0.25, -0.2) is 4.98 Å². The van der Waals surface area contributed by atoms with E-state index in [0.29, 0.717) is 6.61 Å². The molecule has 3 rings (SSSR count). The molecule has 6 heteroatoms. The van der Waals surface area contributed by atoms with Crippen molar-refractivity contribution in [3.63, 3.8) is 0 Å². The zero-order valence-electron chi connectivity index (χ0n) is 11.6. The number of aromatic nitrogens is 3. The molecule has 2 heterocycles. The summed E-state index contributed by atoms with van der Waals surface area (Å²) in [4.78, 5) is 17.9. The van der Waals surface area contributed by atoms with Gasteiger partial charge < -0.3 is 4.74 Å². The van der Waals surface area contributed by atoms with Crippen molar-refractivity contribution in [2.24, 2.45) is 7.05 Å². The molecule has 2 aromatic heterocycles. The molecule has 0 bridgehead atoms. The third kappa shape index (κ3) is 2.35. The van der Waals surface area contributed by atoms with E-state index >= 15 is 0 Å². The van der Waals surface area contributed by atoms with Crippen LogP contribution < -0.4 is 0 Å². The summed E-state index contributed by atoms with van der Waals surface area (Å²) in [6.45, 7) is 2.26. The van der Waals surface area contributed by atoms with Gasteiger partial charge in [0.2, 0.25) is 0 Å². The predicted octanol–water partition coefficient (Wildman–Crippen LogP) is 2.53. The minimum atomic E-state index is -0.194. The number of ether oxygens (including phenoxy) is 1. The van der Waals surface area contributed by atoms with Gasteiger partial charge in [-0.05, 0) is 26.2 Å². The highest BCUT2D eigenvalue weighted by Crippen LogP contribution is 2.38. The summed E-state index contributed by atoms with van der Waals surface area (Å²) in [5.41, 5.74) is 1.92. The number of nitrogens with zero attached hydrogens (tertiary/aromatic N) is 3. The number of fused-ring (bicyclic) bond motifs is 1. The Morgan fingerprint density at radius 1 is 1.60 bits per heavy atom. The van der Waals surface area contributed by atoms with E-state index in [1.807, 2.05) is 26.4 Å². The number of aryl methyl sites for hydroxylation is 2. The van der Waals surface area contributed by atoms with Crippen molar-refractivity contribution in [3.8, 4) is 10.6 Å². The lowest BCUT2D eigenvalue weighted by molar-refractivity contribution is -0.145. The SMILES string of the molecule is CCOC(=O)[C@H]1CCCc2sc(-c3cnn(C)c3)nc21. The lowest BCUT2D eigenvalue weighted by Gasteiger charge is -2.19. The largest absolute Gasteiger partial charge is 0.465 e. The number of esters is 1. The minimum Gasteiger partial charge on any atom is -0.465 e. The van der Waals surface area contributed by atoms with E-state index in [1.54, 1.807) is 16.0 Å². The van der Waals surface area contributed by atoms with Gasteiger partial charge in [0.25, 0.3) is 0 Å². The second-order valence-corrected chi connectivity index (χ2v) is 6.01. The second-order valence-electron chi connectivity index (χ2n) is 4.93. The van der Waals surface area contributed by atoms with E-state index in [-0.39, 0.29) is 11.9 Å². The van der Waals surface area contributed by atoms with E-state index in [1.165, 1.54) is 4.88 Å². The standard InChI is InChI=1S/C14H17N3O2S/c1-3-19-14(18)10-5-4-6-11-12(10)16-13(20-11)9-7-15-17(2)8-9/h7-8,10H,3-6H2,1-2H3/t10-/m0/s1. The number of hydrogen-bond acceptors (Lipinski definition) is 5. The van der Waals surface area contributed by atoms with Crippen LogP contribution in [0.4, 0.5) is 0 Å². The van der Waals surface area contributed by atoms with Crippen LogP contribution in [0.1, 0.15) is 36.3 Å². The molecule has 2 aromatic rings. The first kappa shape index (κ1) is 13.3. The molecule has 1 atom stereocenters. The number of rotatable bonds is 3. The molecule has 0 fully saturated rings. The van der Waals surface area contributed by atoms with Crippen molar-refractivity contribution in [2.75, 3.05) is 6.61 Å². The van der Waals surface area contributed by atoms with Crippen molar-refractivity contribution in [2.45, 2.75) is 32.1 Å². The Balaban J connectivity index is 1.94. The van der Waals surface area contributed by atoms with Gasteiger partial charge >= 0.3 is 5.97 Å². The van der Waals surface area contributed by atoms with Gasteiger partial charge in [0.1, 0.15) is 10.9 Å². The van der Waals surface area contributed by atoms with E-state index < -0.39 is 0 Å². The fraction of sp³-hybridized carbons (Fsp3) is 0.500. The minimum absolute atomic E-state index is 0.142. The van der Waals surface area contributed by atoms with Crippen molar-refractivity contribution < 1.29 is 9.53 Å². The van der Waals surface area contributed by atoms with Gasteiger partial charge in [-0.3, -0.25) is 9.48 Å². The smallest absolute Gasteiger partial charge is 0.315 e. The Morgan fingerprint density at radius 2 is 2.45 bits per heavy atom. The van der Waals surface area contributed by atoms with Crippen LogP contribution in [0.3, 0.4) is 0 Å². The molecule has 5 nitrogen and oxygen atoms in total. The van der Waals surface area contributed by atoms with Crippen molar-refractivity contribution >= 4 is 17.3 Å². The summed E-state index contributed by atoms with van der Waals surface area (Å²) in [6.07, 6.45) is 6.61. The van der Waals surface area contributed by atoms with E-state index in [9.17, 15) is 4.79 Å². The fourth-order valence-electron chi connectivity index (χ4n) is 2.55. The third-order valence-electron chi connectivity index (χ3n) is 3.48. The van der Waals surface area contributed by atoms with E-state index in [4.69, 9.17) is 4.74 Å². The first-order chi connectivity index (χ1) is 9.69. The van der Waals surface area contributed by atoms with Crippen LogP contribution in [-0.2, 0) is 23.0 Å². The molecule has 20 heavy (non-hydrogen) atoms. The summed E-state index contributed by atoms with van der Waals surface area (Å²) in [5.74, 6) is -0.336. The Morgan fingerprint density at radius 3 is 3.15 bits per heavy atom. The maximum absolute atomic E-state index is 12.0. The first-order valence-electron chi connectivity index (χ1n) is 6.84. The van der Waals surface area contributed by atoms with Crippen LogP contribution in [0.15, 0.2) is 12.4 Å². The van der Waals surface area contributed by atoms with Crippen LogP contribution in [0.2, 0.25) is 0 Å². The number of carbonyl (C=O) groups is 1. The van der Waals surface area contributed by atoms with Crippen molar-refractivity contribution in [1.29, 1.82) is 0 Å². The first-order valence-corrected chi connectivity index (χ1v) is 7.66. The maximum Gasteiger partial charge on any atom is 0.315 e. The number of hydrogen-bond donors (Lipinski definition) is 0. The normalized spacial score (nSPS) is 17.8. The van der Waals surface area contributed by atoms with Crippen molar-refractivity contribution in [1.82, 2.24) is 14.8 Å². The van der Waals surface area contributed by atoms with Crippen LogP contribution in [0.5, 0.6) is 0 Å². The zero-order chi connectivity index (χ0) is 14.1. The Labute approximate surface area is 121 Å². The summed E-state index contributed by atoms with van der Waals surface area (Å²) in [7, 11) is 1.89. The Bertz CT molecular complexity index is 632. The zero-order valence-corrected chi connectivity index (χ0v) is 12.4. The van der Waals surface area contributed by atoms with Gasteiger partial charge in [0.05, 0.1) is 18.5 Å². The van der Waals surface area contributed by atoms with Gasteiger partial charge in [-0.2, -0.15) is 5.10 Å². The summed E-state index contributed by atoms with van der Waals surface area (Å²) in [6, 6.07) is 0. The van der Waals surface area contributed by atoms with Gasteiger partial charge in [0, 0.05) is 23.7 Å². The molecule has 1 aliphatic carbocycles. The number of thiazole rings is 1. The van der Waals surface area contributed by atoms with Crippen LogP contribution >= 0.6 is 11.3 Å². The monoisotopic (exact) mass is 291 g/mol. The molecule has 0 amide bonds. The molecular weight excluding hydrogens is 274 g/mol. The highest BCUT2D eigenvalue weighted by molar-refractivity contribution is 7.15. The fourth-order valence-corrected chi connectivity index (χ4v) is 3.69.